The van der Waals surface area contributed by atoms with E-state index in [1.165, 1.54) is 12.1 Å². The second-order valence-electron chi connectivity index (χ2n) is 3.47. The summed E-state index contributed by atoms with van der Waals surface area (Å²) in [4.78, 5) is 3.87. The number of nitrogens with one attached hydrogen (secondary N) is 1. The van der Waals surface area contributed by atoms with Gasteiger partial charge in [0.1, 0.15) is 0 Å². The molecule has 0 amide bonds. The van der Waals surface area contributed by atoms with Crippen molar-refractivity contribution in [2.45, 2.75) is 11.3 Å². The number of rotatable bonds is 4. The molecule has 6 nitrogen and oxygen atoms in total. The lowest BCUT2D eigenvalue weighted by atomic mass is 10.1. The predicted molar refractivity (Wildman–Crippen MR) is 67.1 cm³/mol. The van der Waals surface area contributed by atoms with Crippen LogP contribution in [0.15, 0.2) is 34.2 Å². The maximum Gasteiger partial charge on any atom is 0.238 e. The summed E-state index contributed by atoms with van der Waals surface area (Å²) in [5, 5.41) is 7.90. The Balaban J connectivity index is 2.58. The largest absolute Gasteiger partial charge is 0.370 e. The molecule has 7 heteroatoms. The standard InChI is InChI=1S/C10H16N4O2S/c1-13-10(11)14-7-6-8-2-4-9(5-3-8)17(12,15)16/h2-5H,6-7H2,1H3,(H3,11,13,14)(H2,12,15,16). The van der Waals surface area contributed by atoms with Crippen LogP contribution >= 0.6 is 0 Å². The van der Waals surface area contributed by atoms with E-state index < -0.39 is 10.0 Å². The Morgan fingerprint density at radius 2 is 1.94 bits per heavy atom. The molecule has 1 rings (SSSR count). The number of hydrogen-bond donors (Lipinski definition) is 3. The topological polar surface area (TPSA) is 111 Å². The molecule has 0 saturated heterocycles. The summed E-state index contributed by atoms with van der Waals surface area (Å²) in [6.07, 6.45) is 0.723. The monoisotopic (exact) mass is 256 g/mol. The maximum absolute atomic E-state index is 11.0. The first kappa shape index (κ1) is 13.5. The fraction of sp³-hybridized carbons (Fsp3) is 0.300. The molecule has 0 aliphatic heterocycles. The van der Waals surface area contributed by atoms with E-state index in [0.717, 1.165) is 12.0 Å². The van der Waals surface area contributed by atoms with Gasteiger partial charge in [-0.05, 0) is 24.1 Å². The Kier molecular flexibility index (Phi) is 4.47. The maximum atomic E-state index is 11.0. The molecule has 0 bridgehead atoms. The van der Waals surface area contributed by atoms with Gasteiger partial charge in [0.05, 0.1) is 4.90 Å². The van der Waals surface area contributed by atoms with E-state index in [1.54, 1.807) is 19.2 Å². The summed E-state index contributed by atoms with van der Waals surface area (Å²) in [6.45, 7) is 0.637. The second-order valence-corrected chi connectivity index (χ2v) is 5.04. The van der Waals surface area contributed by atoms with Crippen molar-refractivity contribution in [1.82, 2.24) is 5.32 Å². The molecular weight excluding hydrogens is 240 g/mol. The van der Waals surface area contributed by atoms with E-state index >= 15 is 0 Å². The van der Waals surface area contributed by atoms with Crippen LogP contribution in [0.4, 0.5) is 0 Å². The molecule has 0 fully saturated rings. The van der Waals surface area contributed by atoms with Crippen LogP contribution in [0.3, 0.4) is 0 Å². The first-order valence-electron chi connectivity index (χ1n) is 5.01. The second kappa shape index (κ2) is 5.65. The van der Waals surface area contributed by atoms with Crippen LogP contribution in [-0.2, 0) is 16.4 Å². The molecular formula is C10H16N4O2S. The molecule has 0 aliphatic carbocycles. The fourth-order valence-corrected chi connectivity index (χ4v) is 1.78. The van der Waals surface area contributed by atoms with E-state index in [1.807, 2.05) is 0 Å². The minimum atomic E-state index is -3.61. The molecule has 1 aromatic rings. The van der Waals surface area contributed by atoms with Crippen LogP contribution in [0.1, 0.15) is 5.56 Å². The predicted octanol–water partition coefficient (Wildman–Crippen LogP) is -0.589. The Morgan fingerprint density at radius 3 is 2.41 bits per heavy atom. The van der Waals surface area contributed by atoms with E-state index in [4.69, 9.17) is 10.9 Å². The minimum Gasteiger partial charge on any atom is -0.370 e. The van der Waals surface area contributed by atoms with Gasteiger partial charge in [0.25, 0.3) is 0 Å². The molecule has 0 saturated carbocycles. The molecule has 0 spiro atoms. The zero-order chi connectivity index (χ0) is 12.9. The van der Waals surface area contributed by atoms with E-state index in [2.05, 4.69) is 10.3 Å². The quantitative estimate of drug-likeness (QED) is 0.494. The van der Waals surface area contributed by atoms with Crippen molar-refractivity contribution in [2.24, 2.45) is 15.9 Å². The van der Waals surface area contributed by atoms with Gasteiger partial charge >= 0.3 is 0 Å². The minimum absolute atomic E-state index is 0.115. The molecule has 1 aromatic carbocycles. The third-order valence-corrected chi connectivity index (χ3v) is 3.14. The van der Waals surface area contributed by atoms with Gasteiger partial charge in [-0.3, -0.25) is 4.99 Å². The highest BCUT2D eigenvalue weighted by Gasteiger charge is 2.06. The normalized spacial score (nSPS) is 12.5. The van der Waals surface area contributed by atoms with Gasteiger partial charge < -0.3 is 11.1 Å². The van der Waals surface area contributed by atoms with Gasteiger partial charge in [-0.1, -0.05) is 12.1 Å². The Labute approximate surface area is 101 Å². The first-order chi connectivity index (χ1) is 7.93. The summed E-state index contributed by atoms with van der Waals surface area (Å²) in [7, 11) is -2.01. The van der Waals surface area contributed by atoms with Gasteiger partial charge in [0, 0.05) is 13.6 Å². The highest BCUT2D eigenvalue weighted by atomic mass is 32.2. The summed E-state index contributed by atoms with van der Waals surface area (Å²) in [5.74, 6) is 0.381. The van der Waals surface area contributed by atoms with E-state index in [-0.39, 0.29) is 4.90 Å². The number of hydrogen-bond acceptors (Lipinski definition) is 3. The SMILES string of the molecule is CN=C(N)NCCc1ccc(S(N)(=O)=O)cc1. The lowest BCUT2D eigenvalue weighted by Gasteiger charge is -2.05. The van der Waals surface area contributed by atoms with Crippen LogP contribution < -0.4 is 16.2 Å². The third-order valence-electron chi connectivity index (χ3n) is 2.21. The van der Waals surface area contributed by atoms with Gasteiger partial charge in [0.2, 0.25) is 10.0 Å². The van der Waals surface area contributed by atoms with Crippen molar-refractivity contribution in [3.05, 3.63) is 29.8 Å². The highest BCUT2D eigenvalue weighted by Crippen LogP contribution is 2.08. The number of primary sulfonamides is 1. The molecule has 0 heterocycles. The van der Waals surface area contributed by atoms with Crippen LogP contribution in [0.25, 0.3) is 0 Å². The molecule has 0 unspecified atom stereocenters. The van der Waals surface area contributed by atoms with Gasteiger partial charge in [-0.25, -0.2) is 13.6 Å². The lowest BCUT2D eigenvalue weighted by Crippen LogP contribution is -2.32. The van der Waals surface area contributed by atoms with Gasteiger partial charge in [0.15, 0.2) is 5.96 Å². The van der Waals surface area contributed by atoms with Gasteiger partial charge in [-0.15, -0.1) is 0 Å². The molecule has 0 aliphatic rings. The zero-order valence-electron chi connectivity index (χ0n) is 9.55. The average Bonchev–Trinajstić information content (AvgIpc) is 2.28. The number of guanidine groups is 1. The van der Waals surface area contributed by atoms with Gasteiger partial charge in [-0.2, -0.15) is 0 Å². The van der Waals surface area contributed by atoms with Crippen molar-refractivity contribution in [3.63, 3.8) is 0 Å². The van der Waals surface area contributed by atoms with Crippen LogP contribution in [-0.4, -0.2) is 28.0 Å². The van der Waals surface area contributed by atoms with Crippen molar-refractivity contribution in [2.75, 3.05) is 13.6 Å². The number of benzene rings is 1. The Hall–Kier alpha value is -1.60. The molecule has 0 radical (unpaired) electrons. The zero-order valence-corrected chi connectivity index (χ0v) is 10.4. The third kappa shape index (κ3) is 4.41. The average molecular weight is 256 g/mol. The highest BCUT2D eigenvalue weighted by molar-refractivity contribution is 7.89. The summed E-state index contributed by atoms with van der Waals surface area (Å²) in [6, 6.07) is 6.42. The van der Waals surface area contributed by atoms with Crippen molar-refractivity contribution < 1.29 is 8.42 Å². The Morgan fingerprint density at radius 1 is 1.35 bits per heavy atom. The van der Waals surface area contributed by atoms with Crippen LogP contribution in [0.2, 0.25) is 0 Å². The number of nitrogens with two attached hydrogens (primary N) is 2. The Bertz CT molecular complexity index is 494. The smallest absolute Gasteiger partial charge is 0.238 e. The van der Waals surface area contributed by atoms with Crippen molar-refractivity contribution >= 4 is 16.0 Å². The van der Waals surface area contributed by atoms with Crippen molar-refractivity contribution in [1.29, 1.82) is 0 Å². The molecule has 94 valence electrons. The molecule has 0 atom stereocenters. The number of nitrogens with zero attached hydrogens (tertiary/aromatic N) is 1. The first-order valence-corrected chi connectivity index (χ1v) is 6.56. The van der Waals surface area contributed by atoms with E-state index in [9.17, 15) is 8.42 Å². The summed E-state index contributed by atoms with van der Waals surface area (Å²) < 4.78 is 22.0. The summed E-state index contributed by atoms with van der Waals surface area (Å²) in [5.41, 5.74) is 6.46. The molecule has 5 N–H and O–H groups in total. The van der Waals surface area contributed by atoms with E-state index in [0.29, 0.717) is 12.5 Å². The molecule has 0 aromatic heterocycles. The molecule has 17 heavy (non-hydrogen) atoms. The lowest BCUT2D eigenvalue weighted by molar-refractivity contribution is 0.598. The van der Waals surface area contributed by atoms with Crippen LogP contribution in [0, 0.1) is 0 Å². The van der Waals surface area contributed by atoms with Crippen LogP contribution in [0.5, 0.6) is 0 Å². The number of aliphatic imine (C=N–C) groups is 1. The van der Waals surface area contributed by atoms with Crippen molar-refractivity contribution in [3.8, 4) is 0 Å². The summed E-state index contributed by atoms with van der Waals surface area (Å²) >= 11 is 0. The fourth-order valence-electron chi connectivity index (χ4n) is 1.26. The number of sulfonamides is 1.